The van der Waals surface area contributed by atoms with Gasteiger partial charge in [0.1, 0.15) is 43.9 Å². The van der Waals surface area contributed by atoms with Gasteiger partial charge in [0.05, 0.1) is 34.0 Å². The maximum Gasteiger partial charge on any atom is 0.411 e. The molecule has 8 rings (SSSR count). The number of likely N-dealkylation sites (N-methyl/N-ethyl adjacent to an activating group) is 1. The molecule has 3 aliphatic rings. The van der Waals surface area contributed by atoms with Crippen molar-refractivity contribution >= 4 is 58.2 Å². The molecule has 68 heavy (non-hydrogen) atoms. The van der Waals surface area contributed by atoms with Crippen molar-refractivity contribution in [1.82, 2.24) is 35.7 Å². The van der Waals surface area contributed by atoms with Crippen molar-refractivity contribution in [3.63, 3.8) is 0 Å². The van der Waals surface area contributed by atoms with Gasteiger partial charge in [0.2, 0.25) is 23.6 Å². The van der Waals surface area contributed by atoms with Crippen LogP contribution in [-0.4, -0.2) is 93.8 Å². The van der Waals surface area contributed by atoms with Crippen LogP contribution in [0.3, 0.4) is 0 Å². The average molecular weight is 952 g/mol. The summed E-state index contributed by atoms with van der Waals surface area (Å²) in [5.74, 6) is -4.21. The number of ether oxygens (including phenoxy) is 3. The van der Waals surface area contributed by atoms with Crippen LogP contribution in [0.25, 0.3) is 33.4 Å². The monoisotopic (exact) mass is 951 g/mol. The van der Waals surface area contributed by atoms with Gasteiger partial charge in [0, 0.05) is 47.3 Å². The second-order valence-corrected chi connectivity index (χ2v) is 17.2. The lowest BCUT2D eigenvalue weighted by molar-refractivity contribution is -0.172. The summed E-state index contributed by atoms with van der Waals surface area (Å²) in [6, 6.07) is 16.0. The van der Waals surface area contributed by atoms with Gasteiger partial charge >= 0.3 is 12.1 Å². The molecule has 0 saturated carbocycles. The van der Waals surface area contributed by atoms with Gasteiger partial charge in [0.25, 0.3) is 5.56 Å². The summed E-state index contributed by atoms with van der Waals surface area (Å²) < 4.78 is 32.6. The van der Waals surface area contributed by atoms with E-state index in [1.165, 1.54) is 44.5 Å². The number of cyclic esters (lactones) is 1. The van der Waals surface area contributed by atoms with Crippen molar-refractivity contribution in [2.24, 2.45) is 0 Å². The number of carbonyl (C=O) groups excluding carboxylic acids is 6. The number of nitrogens with one attached hydrogen (secondary N) is 4. The Hall–Kier alpha value is -7.22. The number of carbonyl (C=O) groups is 6. The van der Waals surface area contributed by atoms with E-state index in [4.69, 9.17) is 25.8 Å². The zero-order valence-corrected chi connectivity index (χ0v) is 38.3. The number of hydrogen-bond donors (Lipinski definition) is 5. The topological polar surface area (TPSA) is 237 Å². The molecule has 4 atom stereocenters. The van der Waals surface area contributed by atoms with E-state index in [1.807, 2.05) is 48.5 Å². The fraction of sp³-hybridized carbons (Fsp3) is 0.333. The van der Waals surface area contributed by atoms with Gasteiger partial charge in [-0.1, -0.05) is 67.1 Å². The summed E-state index contributed by atoms with van der Waals surface area (Å²) >= 11 is 6.18. The normalized spacial score (nSPS) is 16.7. The summed E-state index contributed by atoms with van der Waals surface area (Å²) in [6.45, 7) is 4.51. The summed E-state index contributed by atoms with van der Waals surface area (Å²) in [4.78, 5) is 97.5. The molecule has 5 aromatic rings. The Morgan fingerprint density at radius 3 is 2.26 bits per heavy atom. The van der Waals surface area contributed by atoms with Crippen LogP contribution in [0.4, 0.5) is 9.18 Å². The smallest absolute Gasteiger partial charge is 0.411 e. The van der Waals surface area contributed by atoms with Crippen LogP contribution in [0.15, 0.2) is 71.5 Å². The van der Waals surface area contributed by atoms with Crippen LogP contribution in [0.5, 0.6) is 0 Å². The first-order valence-electron chi connectivity index (χ1n) is 21.8. The number of aliphatic hydroxyl groups is 1. The number of fused-ring (bicyclic) bond motifs is 8. The van der Waals surface area contributed by atoms with Crippen LogP contribution >= 0.6 is 11.6 Å². The Kier molecular flexibility index (Phi) is 13.1. The molecule has 18 nitrogen and oxygen atoms in total. The third-order valence-electron chi connectivity index (χ3n) is 12.6. The number of hydrogen-bond acceptors (Lipinski definition) is 12. The quantitative estimate of drug-likeness (QED) is 0.0596. The highest BCUT2D eigenvalue weighted by Gasteiger charge is 2.45. The number of esters is 1. The van der Waals surface area contributed by atoms with Crippen LogP contribution < -0.4 is 26.8 Å². The summed E-state index contributed by atoms with van der Waals surface area (Å²) in [7, 11) is 1.42. The molecule has 0 fully saturated rings. The highest BCUT2D eigenvalue weighted by atomic mass is 35.5. The molecule has 5 N–H and O–H groups in total. The molecule has 4 heterocycles. The molecule has 20 heteroatoms. The van der Waals surface area contributed by atoms with Crippen molar-refractivity contribution in [3.8, 4) is 22.5 Å². The SMILES string of the molecule is CC[C@@]1(O)C(=O)OCc2c1cc1n(c2=O)Cc2c-1nc1cc(F)c(Cl)cc1c2CNC(=O)COCNC(=O)[C@H](C)NC(=O)[C@H](C)NC(=O)[C@H](C)N(C)C(=O)OC1c2ccccc2-c2ccccc21. The van der Waals surface area contributed by atoms with Gasteiger partial charge in [-0.05, 0) is 56.0 Å². The fourth-order valence-corrected chi connectivity index (χ4v) is 8.74. The molecule has 0 unspecified atom stereocenters. The van der Waals surface area contributed by atoms with E-state index in [2.05, 4.69) is 26.3 Å². The summed E-state index contributed by atoms with van der Waals surface area (Å²) in [5.41, 5.74) is 2.97. The first-order valence-corrected chi connectivity index (χ1v) is 22.1. The maximum atomic E-state index is 14.7. The second-order valence-electron chi connectivity index (χ2n) is 16.8. The Morgan fingerprint density at radius 1 is 0.941 bits per heavy atom. The minimum atomic E-state index is -2.06. The first kappa shape index (κ1) is 47.3. The number of amides is 5. The Balaban J connectivity index is 0.820. The van der Waals surface area contributed by atoms with Crippen molar-refractivity contribution in [1.29, 1.82) is 0 Å². The number of aromatic nitrogens is 2. The number of benzene rings is 3. The van der Waals surface area contributed by atoms with E-state index in [-0.39, 0.29) is 59.2 Å². The van der Waals surface area contributed by atoms with Crippen LogP contribution in [-0.2, 0) is 63.5 Å². The molecule has 0 bridgehead atoms. The van der Waals surface area contributed by atoms with Gasteiger partial charge < -0.3 is 45.2 Å². The Labute approximate surface area is 393 Å². The van der Waals surface area contributed by atoms with Gasteiger partial charge in [-0.2, -0.15) is 0 Å². The zero-order valence-electron chi connectivity index (χ0n) is 37.5. The molecular weight excluding hydrogens is 905 g/mol. The molecule has 5 amide bonds. The van der Waals surface area contributed by atoms with Crippen molar-refractivity contribution in [2.45, 2.75) is 83.6 Å². The minimum absolute atomic E-state index is 0.000384. The Bertz CT molecular complexity index is 2950. The van der Waals surface area contributed by atoms with Gasteiger partial charge in [-0.25, -0.2) is 19.0 Å². The minimum Gasteiger partial charge on any atom is -0.458 e. The third kappa shape index (κ3) is 8.63. The maximum absolute atomic E-state index is 14.7. The van der Waals surface area contributed by atoms with E-state index in [1.54, 1.807) is 6.92 Å². The third-order valence-corrected chi connectivity index (χ3v) is 12.9. The second kappa shape index (κ2) is 18.8. The molecule has 2 aromatic heterocycles. The van der Waals surface area contributed by atoms with Gasteiger partial charge in [0.15, 0.2) is 11.7 Å². The van der Waals surface area contributed by atoms with Crippen LogP contribution in [0, 0.1) is 5.82 Å². The highest BCUT2D eigenvalue weighted by molar-refractivity contribution is 6.31. The predicted molar refractivity (Wildman–Crippen MR) is 243 cm³/mol. The number of nitrogens with zero attached hydrogens (tertiary/aromatic N) is 3. The molecular formula is C48H47ClFN7O11. The molecule has 0 radical (unpaired) electrons. The van der Waals surface area contributed by atoms with E-state index in [9.17, 15) is 43.1 Å². The lowest BCUT2D eigenvalue weighted by Gasteiger charge is -2.31. The lowest BCUT2D eigenvalue weighted by atomic mass is 9.86. The van der Waals surface area contributed by atoms with Gasteiger partial charge in [-0.15, -0.1) is 0 Å². The Morgan fingerprint density at radius 2 is 1.59 bits per heavy atom. The molecule has 354 valence electrons. The molecule has 0 saturated heterocycles. The number of pyridine rings is 2. The largest absolute Gasteiger partial charge is 0.458 e. The van der Waals surface area contributed by atoms with Crippen molar-refractivity contribution in [2.75, 3.05) is 20.4 Å². The highest BCUT2D eigenvalue weighted by Crippen LogP contribution is 2.45. The van der Waals surface area contributed by atoms with E-state index >= 15 is 0 Å². The average Bonchev–Trinajstić information content (AvgIpc) is 3.85. The van der Waals surface area contributed by atoms with E-state index in [0.29, 0.717) is 16.5 Å². The van der Waals surface area contributed by atoms with Gasteiger partial charge in [-0.3, -0.25) is 28.9 Å². The summed E-state index contributed by atoms with van der Waals surface area (Å²) in [6.07, 6.45) is -1.46. The standard InChI is InChI=1S/C48H47ClFN7O11/c1-6-48(65)34-16-38-40-32(19-57(38)45(62)33(34)20-67-46(48)63)31(30-15-35(49)36(50)17-37(30)55-40)18-51-39(58)21-66-22-52-42(59)23(2)53-43(60)24(3)54-44(61)25(4)56(5)47(64)68-41-28-13-9-7-11-26(28)27-12-8-10-14-29(27)41/h7-17,23-25,41,65H,6,18-22H2,1-5H3,(H,51,58)(H,52,59)(H,53,60)(H,54,61)/t23-,24-,25-,48-/m0/s1. The number of halogens is 2. The van der Waals surface area contributed by atoms with Crippen LogP contribution in [0.1, 0.15) is 73.6 Å². The van der Waals surface area contributed by atoms with E-state index in [0.717, 1.165) is 33.2 Å². The van der Waals surface area contributed by atoms with E-state index < -0.39 is 90.2 Å². The number of rotatable bonds is 14. The molecule has 1 aliphatic carbocycles. The zero-order chi connectivity index (χ0) is 48.8. The molecule has 2 aliphatic heterocycles. The molecule has 0 spiro atoms. The van der Waals surface area contributed by atoms with Crippen molar-refractivity contribution < 1.29 is 52.5 Å². The lowest BCUT2D eigenvalue weighted by Crippen LogP contribution is -2.55. The van der Waals surface area contributed by atoms with Crippen molar-refractivity contribution in [3.05, 3.63) is 121 Å². The fourth-order valence-electron chi connectivity index (χ4n) is 8.57. The van der Waals surface area contributed by atoms with Crippen LogP contribution in [0.2, 0.25) is 5.02 Å². The summed E-state index contributed by atoms with van der Waals surface area (Å²) in [5, 5.41) is 21.7. The first-order chi connectivity index (χ1) is 32.4. The molecule has 3 aromatic carbocycles. The predicted octanol–water partition coefficient (Wildman–Crippen LogP) is 3.81.